The number of nitrogens with one attached hydrogen (secondary N) is 1. The van der Waals surface area contributed by atoms with Gasteiger partial charge in [0.15, 0.2) is 0 Å². The van der Waals surface area contributed by atoms with Crippen molar-refractivity contribution in [2.45, 2.75) is 24.8 Å². The molecule has 1 heterocycles. The fourth-order valence-electron chi connectivity index (χ4n) is 2.85. The predicted octanol–water partition coefficient (Wildman–Crippen LogP) is 3.46. The summed E-state index contributed by atoms with van der Waals surface area (Å²) >= 11 is 1.63. The van der Waals surface area contributed by atoms with Crippen LogP contribution in [0.3, 0.4) is 0 Å². The molecule has 0 aliphatic rings. The summed E-state index contributed by atoms with van der Waals surface area (Å²) in [7, 11) is 1.64. The van der Waals surface area contributed by atoms with Gasteiger partial charge >= 0.3 is 0 Å². The largest absolute Gasteiger partial charge is 0.497 e. The number of hydrogen-bond donors (Lipinski definition) is 1. The van der Waals surface area contributed by atoms with E-state index < -0.39 is 0 Å². The lowest BCUT2D eigenvalue weighted by Gasteiger charge is -2.20. The number of hydrogen-bond acceptors (Lipinski definition) is 5. The van der Waals surface area contributed by atoms with Gasteiger partial charge in [0.25, 0.3) is 5.56 Å². The Kier molecular flexibility index (Phi) is 6.71. The first-order valence-electron chi connectivity index (χ1n) is 9.13. The van der Waals surface area contributed by atoms with Crippen molar-refractivity contribution in [3.63, 3.8) is 0 Å². The van der Waals surface area contributed by atoms with Gasteiger partial charge in [0.05, 0.1) is 24.6 Å². The Morgan fingerprint density at radius 3 is 2.64 bits per heavy atom. The minimum Gasteiger partial charge on any atom is -0.497 e. The molecular formula is C21H23N3O3S. The zero-order chi connectivity index (χ0) is 19.9. The van der Waals surface area contributed by atoms with Gasteiger partial charge in [-0.05, 0) is 43.3 Å². The average Bonchev–Trinajstić information content (AvgIpc) is 2.72. The van der Waals surface area contributed by atoms with E-state index in [1.54, 1.807) is 42.0 Å². The fourth-order valence-corrected chi connectivity index (χ4v) is 3.69. The minimum atomic E-state index is -0.181. The van der Waals surface area contributed by atoms with Gasteiger partial charge in [-0.25, -0.2) is 4.98 Å². The number of carbonyl (C=O) groups is 1. The molecule has 0 radical (unpaired) electrons. The van der Waals surface area contributed by atoms with Crippen LogP contribution in [0.1, 0.15) is 19.2 Å². The van der Waals surface area contributed by atoms with Crippen LogP contribution in [-0.4, -0.2) is 40.2 Å². The van der Waals surface area contributed by atoms with Crippen molar-refractivity contribution in [1.82, 2.24) is 14.9 Å². The van der Waals surface area contributed by atoms with Gasteiger partial charge in [0, 0.05) is 23.6 Å². The van der Waals surface area contributed by atoms with Crippen molar-refractivity contribution in [2.75, 3.05) is 19.4 Å². The molecule has 146 valence electrons. The van der Waals surface area contributed by atoms with Crippen molar-refractivity contribution in [1.29, 1.82) is 0 Å². The van der Waals surface area contributed by atoms with Crippen LogP contribution in [0, 0.1) is 0 Å². The van der Waals surface area contributed by atoms with E-state index in [4.69, 9.17) is 4.74 Å². The summed E-state index contributed by atoms with van der Waals surface area (Å²) < 4.78 is 5.15. The number of methoxy groups -OCH3 is 1. The molecule has 1 amide bonds. The Bertz CT molecular complexity index is 1000. The lowest BCUT2D eigenvalue weighted by molar-refractivity contribution is -0.131. The quantitative estimate of drug-likeness (QED) is 0.589. The maximum atomic E-state index is 12.6. The summed E-state index contributed by atoms with van der Waals surface area (Å²) in [5.74, 6) is 2.04. The van der Waals surface area contributed by atoms with Crippen molar-refractivity contribution in [3.05, 3.63) is 64.7 Å². The Hall–Kier alpha value is -2.80. The molecular weight excluding hydrogens is 374 g/mol. The van der Waals surface area contributed by atoms with Gasteiger partial charge < -0.3 is 14.6 Å². The number of aromatic nitrogens is 2. The van der Waals surface area contributed by atoms with E-state index in [0.29, 0.717) is 42.0 Å². The molecule has 6 nitrogen and oxygen atoms in total. The van der Waals surface area contributed by atoms with Gasteiger partial charge in [-0.15, -0.1) is 11.8 Å². The summed E-state index contributed by atoms with van der Waals surface area (Å²) in [6.45, 7) is 2.78. The highest BCUT2D eigenvalue weighted by molar-refractivity contribution is 7.99. The summed E-state index contributed by atoms with van der Waals surface area (Å²) in [4.78, 5) is 34.9. The van der Waals surface area contributed by atoms with E-state index in [1.807, 2.05) is 37.3 Å². The normalized spacial score (nSPS) is 10.8. The van der Waals surface area contributed by atoms with Crippen LogP contribution in [0.5, 0.6) is 5.75 Å². The molecule has 1 aromatic heterocycles. The lowest BCUT2D eigenvalue weighted by atomic mass is 10.2. The number of carbonyl (C=O) groups excluding carboxylic acids is 1. The van der Waals surface area contributed by atoms with Crippen molar-refractivity contribution < 1.29 is 9.53 Å². The highest BCUT2D eigenvalue weighted by Crippen LogP contribution is 2.22. The molecule has 2 aromatic carbocycles. The number of nitrogens with zero attached hydrogens (tertiary/aromatic N) is 2. The van der Waals surface area contributed by atoms with E-state index in [9.17, 15) is 9.59 Å². The molecule has 0 saturated carbocycles. The Morgan fingerprint density at radius 1 is 1.18 bits per heavy atom. The number of aromatic amines is 1. The number of fused-ring (bicyclic) bond motifs is 1. The van der Waals surface area contributed by atoms with Crippen LogP contribution in [0.2, 0.25) is 0 Å². The third-order valence-corrected chi connectivity index (χ3v) is 5.39. The first kappa shape index (κ1) is 19.9. The van der Waals surface area contributed by atoms with Gasteiger partial charge in [0.1, 0.15) is 11.6 Å². The van der Waals surface area contributed by atoms with Crippen LogP contribution in [0.4, 0.5) is 0 Å². The highest BCUT2D eigenvalue weighted by Gasteiger charge is 2.14. The number of amides is 1. The van der Waals surface area contributed by atoms with Crippen LogP contribution < -0.4 is 10.3 Å². The summed E-state index contributed by atoms with van der Waals surface area (Å²) in [6.07, 6.45) is 0.419. The molecule has 1 N–H and O–H groups in total. The van der Waals surface area contributed by atoms with Crippen molar-refractivity contribution in [3.8, 4) is 5.75 Å². The minimum absolute atomic E-state index is 0.0410. The monoisotopic (exact) mass is 397 g/mol. The van der Waals surface area contributed by atoms with Gasteiger partial charge in [-0.3, -0.25) is 9.59 Å². The van der Waals surface area contributed by atoms with Gasteiger partial charge in [0.2, 0.25) is 5.91 Å². The van der Waals surface area contributed by atoms with E-state index in [1.165, 1.54) is 0 Å². The summed E-state index contributed by atoms with van der Waals surface area (Å²) in [5, 5.41) is 0.552. The van der Waals surface area contributed by atoms with Crippen LogP contribution >= 0.6 is 11.8 Å². The Balaban J connectivity index is 1.59. The number of H-pyrrole nitrogens is 1. The molecule has 3 aromatic rings. The number of benzene rings is 2. The predicted molar refractivity (Wildman–Crippen MR) is 112 cm³/mol. The summed E-state index contributed by atoms with van der Waals surface area (Å²) in [5.41, 5.74) is 0.457. The molecule has 0 aliphatic carbocycles. The number of thioether (sulfide) groups is 1. The first-order chi connectivity index (χ1) is 13.6. The highest BCUT2D eigenvalue weighted by atomic mass is 32.2. The Labute approximate surface area is 167 Å². The molecule has 0 spiro atoms. The summed E-state index contributed by atoms with van der Waals surface area (Å²) in [6, 6.07) is 15.0. The van der Waals surface area contributed by atoms with Crippen molar-refractivity contribution >= 4 is 28.6 Å². The molecule has 0 unspecified atom stereocenters. The second-order valence-electron chi connectivity index (χ2n) is 6.21. The number of ether oxygens (including phenoxy) is 1. The van der Waals surface area contributed by atoms with Crippen molar-refractivity contribution in [2.24, 2.45) is 0 Å². The third kappa shape index (κ3) is 4.92. The van der Waals surface area contributed by atoms with Crippen LogP contribution in [-0.2, 0) is 11.3 Å². The SMILES string of the molecule is CCN(Cc1nc2ccccc2c(=O)[nH]1)C(=O)CCSc1ccc(OC)cc1. The van der Waals surface area contributed by atoms with E-state index in [-0.39, 0.29) is 11.5 Å². The maximum absolute atomic E-state index is 12.6. The topological polar surface area (TPSA) is 75.3 Å². The Morgan fingerprint density at radius 2 is 1.93 bits per heavy atom. The zero-order valence-electron chi connectivity index (χ0n) is 16.0. The smallest absolute Gasteiger partial charge is 0.258 e. The number of para-hydroxylation sites is 1. The maximum Gasteiger partial charge on any atom is 0.258 e. The molecule has 7 heteroatoms. The van der Waals surface area contributed by atoms with Gasteiger partial charge in [-0.2, -0.15) is 0 Å². The first-order valence-corrected chi connectivity index (χ1v) is 10.1. The second-order valence-corrected chi connectivity index (χ2v) is 7.38. The number of rotatable bonds is 8. The van der Waals surface area contributed by atoms with Crippen LogP contribution in [0.25, 0.3) is 10.9 Å². The molecule has 0 atom stereocenters. The molecule has 0 fully saturated rings. The lowest BCUT2D eigenvalue weighted by Crippen LogP contribution is -2.32. The molecule has 28 heavy (non-hydrogen) atoms. The standard InChI is InChI=1S/C21H23N3O3S/c1-3-24(14-19-22-18-7-5-4-6-17(18)21(26)23-19)20(25)12-13-28-16-10-8-15(27-2)9-11-16/h4-11H,3,12-14H2,1-2H3,(H,22,23,26). The fraction of sp³-hybridized carbons (Fsp3) is 0.286. The van der Waals surface area contributed by atoms with Gasteiger partial charge in [-0.1, -0.05) is 12.1 Å². The second kappa shape index (κ2) is 9.41. The average molecular weight is 398 g/mol. The van der Waals surface area contributed by atoms with E-state index in [2.05, 4.69) is 9.97 Å². The molecule has 0 aliphatic heterocycles. The molecule has 3 rings (SSSR count). The van der Waals surface area contributed by atoms with E-state index in [0.717, 1.165) is 10.6 Å². The van der Waals surface area contributed by atoms with Crippen LogP contribution in [0.15, 0.2) is 58.2 Å². The molecule has 0 saturated heterocycles. The molecule has 0 bridgehead atoms. The third-order valence-electron chi connectivity index (χ3n) is 4.38. The zero-order valence-corrected chi connectivity index (χ0v) is 16.8. The van der Waals surface area contributed by atoms with E-state index >= 15 is 0 Å².